The molecule has 1 aromatic rings. The highest BCUT2D eigenvalue weighted by Gasteiger charge is 2.21. The molecule has 1 aromatic carbocycles. The van der Waals surface area contributed by atoms with Crippen molar-refractivity contribution in [2.75, 3.05) is 0 Å². The summed E-state index contributed by atoms with van der Waals surface area (Å²) in [5, 5.41) is 23.0. The van der Waals surface area contributed by atoms with Gasteiger partial charge < -0.3 is 15.5 Å². The first-order valence-electron chi connectivity index (χ1n) is 5.84. The van der Waals surface area contributed by atoms with Crippen molar-refractivity contribution in [3.8, 4) is 0 Å². The second kappa shape index (κ2) is 7.51. The molecule has 1 amide bonds. The average Bonchev–Trinajstić information content (AvgIpc) is 2.43. The Kier molecular flexibility index (Phi) is 5.72. The maximum absolute atomic E-state index is 11.8. The number of aliphatic carboxylic acids is 2. The molecule has 9 nitrogen and oxygen atoms in total. The second-order valence-electron chi connectivity index (χ2n) is 4.03. The summed E-state index contributed by atoms with van der Waals surface area (Å²) >= 11 is 0. The van der Waals surface area contributed by atoms with Gasteiger partial charge in [0.1, 0.15) is 6.04 Å². The average molecular weight is 292 g/mol. The number of nitrogens with zero attached hydrogens (tertiary/aromatic N) is 3. The molecule has 1 rings (SSSR count). The zero-order valence-electron chi connectivity index (χ0n) is 10.8. The van der Waals surface area contributed by atoms with Crippen molar-refractivity contribution in [1.82, 2.24) is 5.32 Å². The van der Waals surface area contributed by atoms with Gasteiger partial charge in [0.15, 0.2) is 0 Å². The SMILES string of the molecule is [N-]=[N+]=Nc1ccc(C(=O)NC(CCC(=O)O)C(=O)O)cc1. The van der Waals surface area contributed by atoms with Crippen LogP contribution in [0.5, 0.6) is 0 Å². The third kappa shape index (κ3) is 5.21. The van der Waals surface area contributed by atoms with E-state index in [0.717, 1.165) is 0 Å². The Hall–Kier alpha value is -3.06. The molecule has 1 unspecified atom stereocenters. The first-order chi connectivity index (χ1) is 9.93. The summed E-state index contributed by atoms with van der Waals surface area (Å²) in [6.45, 7) is 0. The largest absolute Gasteiger partial charge is 0.481 e. The van der Waals surface area contributed by atoms with E-state index in [-0.39, 0.29) is 18.4 Å². The fourth-order valence-corrected chi connectivity index (χ4v) is 1.50. The van der Waals surface area contributed by atoms with E-state index in [4.69, 9.17) is 15.7 Å². The predicted molar refractivity (Wildman–Crippen MR) is 71.0 cm³/mol. The molecule has 0 saturated carbocycles. The van der Waals surface area contributed by atoms with Crippen LogP contribution in [0.4, 0.5) is 5.69 Å². The van der Waals surface area contributed by atoms with Crippen molar-refractivity contribution in [2.45, 2.75) is 18.9 Å². The van der Waals surface area contributed by atoms with Gasteiger partial charge in [-0.1, -0.05) is 17.2 Å². The minimum Gasteiger partial charge on any atom is -0.481 e. The number of carboxylic acids is 2. The Balaban J connectivity index is 2.74. The molecule has 0 heterocycles. The number of nitrogens with one attached hydrogen (secondary N) is 1. The fraction of sp³-hybridized carbons (Fsp3) is 0.250. The molecule has 0 aromatic heterocycles. The van der Waals surface area contributed by atoms with Gasteiger partial charge in [0, 0.05) is 22.6 Å². The summed E-state index contributed by atoms with van der Waals surface area (Å²) in [5.74, 6) is -3.11. The highest BCUT2D eigenvalue weighted by atomic mass is 16.4. The highest BCUT2D eigenvalue weighted by molar-refractivity contribution is 5.96. The van der Waals surface area contributed by atoms with Crippen LogP contribution in [0.25, 0.3) is 10.4 Å². The molecule has 0 fully saturated rings. The summed E-state index contributed by atoms with van der Waals surface area (Å²) < 4.78 is 0. The molecule has 1 atom stereocenters. The van der Waals surface area contributed by atoms with Crippen LogP contribution in [-0.4, -0.2) is 34.1 Å². The van der Waals surface area contributed by atoms with E-state index in [1.807, 2.05) is 0 Å². The van der Waals surface area contributed by atoms with Crippen LogP contribution in [0.1, 0.15) is 23.2 Å². The molecular weight excluding hydrogens is 280 g/mol. The van der Waals surface area contributed by atoms with Crippen molar-refractivity contribution >= 4 is 23.5 Å². The quantitative estimate of drug-likeness (QED) is 0.396. The van der Waals surface area contributed by atoms with Crippen LogP contribution >= 0.6 is 0 Å². The topological polar surface area (TPSA) is 152 Å². The second-order valence-corrected chi connectivity index (χ2v) is 4.03. The van der Waals surface area contributed by atoms with Crippen LogP contribution < -0.4 is 5.32 Å². The molecule has 3 N–H and O–H groups in total. The Morgan fingerprint density at radius 2 is 1.86 bits per heavy atom. The Labute approximate surface area is 118 Å². The Morgan fingerprint density at radius 1 is 1.24 bits per heavy atom. The van der Waals surface area contributed by atoms with Gasteiger partial charge in [-0.3, -0.25) is 9.59 Å². The first kappa shape index (κ1) is 16.0. The number of hydrogen-bond donors (Lipinski definition) is 3. The van der Waals surface area contributed by atoms with Crippen LogP contribution in [0, 0.1) is 0 Å². The van der Waals surface area contributed by atoms with E-state index in [0.29, 0.717) is 5.69 Å². The number of rotatable bonds is 7. The first-order valence-corrected chi connectivity index (χ1v) is 5.84. The fourth-order valence-electron chi connectivity index (χ4n) is 1.50. The van der Waals surface area contributed by atoms with E-state index in [1.165, 1.54) is 24.3 Å². The smallest absolute Gasteiger partial charge is 0.326 e. The van der Waals surface area contributed by atoms with Crippen molar-refractivity contribution < 1.29 is 24.6 Å². The van der Waals surface area contributed by atoms with E-state index in [1.54, 1.807) is 0 Å². The van der Waals surface area contributed by atoms with Gasteiger partial charge in [0.2, 0.25) is 0 Å². The highest BCUT2D eigenvalue weighted by Crippen LogP contribution is 2.13. The number of benzene rings is 1. The third-order valence-corrected chi connectivity index (χ3v) is 2.54. The number of hydrogen-bond acceptors (Lipinski definition) is 4. The maximum Gasteiger partial charge on any atom is 0.326 e. The van der Waals surface area contributed by atoms with E-state index < -0.39 is 23.9 Å². The lowest BCUT2D eigenvalue weighted by Crippen LogP contribution is -2.41. The Bertz CT molecular complexity index is 592. The minimum absolute atomic E-state index is 0.175. The van der Waals surface area contributed by atoms with Crippen molar-refractivity contribution in [3.05, 3.63) is 40.3 Å². The van der Waals surface area contributed by atoms with Gasteiger partial charge in [-0.25, -0.2) is 4.79 Å². The molecule has 0 aliphatic heterocycles. The minimum atomic E-state index is -1.31. The zero-order chi connectivity index (χ0) is 15.8. The van der Waals surface area contributed by atoms with Crippen LogP contribution in [0.2, 0.25) is 0 Å². The van der Waals surface area contributed by atoms with E-state index in [9.17, 15) is 14.4 Å². The molecule has 9 heteroatoms. The molecule has 110 valence electrons. The number of carbonyl (C=O) groups excluding carboxylic acids is 1. The monoisotopic (exact) mass is 292 g/mol. The lowest BCUT2D eigenvalue weighted by atomic mass is 10.1. The van der Waals surface area contributed by atoms with Gasteiger partial charge in [0.05, 0.1) is 0 Å². The van der Waals surface area contributed by atoms with Crippen LogP contribution in [0.15, 0.2) is 29.4 Å². The molecule has 21 heavy (non-hydrogen) atoms. The van der Waals surface area contributed by atoms with Crippen LogP contribution in [0.3, 0.4) is 0 Å². The summed E-state index contributed by atoms with van der Waals surface area (Å²) in [7, 11) is 0. The van der Waals surface area contributed by atoms with Crippen molar-refractivity contribution in [1.29, 1.82) is 0 Å². The molecule has 0 saturated heterocycles. The molecule has 0 radical (unpaired) electrons. The van der Waals surface area contributed by atoms with Crippen molar-refractivity contribution in [3.63, 3.8) is 0 Å². The molecule has 0 spiro atoms. The summed E-state index contributed by atoms with van der Waals surface area (Å²) in [6, 6.07) is 4.26. The summed E-state index contributed by atoms with van der Waals surface area (Å²) in [4.78, 5) is 35.8. The molecule has 0 aliphatic carbocycles. The van der Waals surface area contributed by atoms with E-state index in [2.05, 4.69) is 15.3 Å². The molecular formula is C12H12N4O5. The lowest BCUT2D eigenvalue weighted by Gasteiger charge is -2.13. The summed E-state index contributed by atoms with van der Waals surface area (Å²) in [5.41, 5.74) is 8.74. The lowest BCUT2D eigenvalue weighted by molar-refractivity contribution is -0.140. The third-order valence-electron chi connectivity index (χ3n) is 2.54. The number of carboxylic acid groups (broad SMARTS) is 2. The van der Waals surface area contributed by atoms with Gasteiger partial charge in [-0.2, -0.15) is 0 Å². The Morgan fingerprint density at radius 3 is 2.33 bits per heavy atom. The molecule has 0 aliphatic rings. The zero-order valence-corrected chi connectivity index (χ0v) is 10.8. The van der Waals surface area contributed by atoms with Gasteiger partial charge >= 0.3 is 11.9 Å². The summed E-state index contributed by atoms with van der Waals surface area (Å²) in [6.07, 6.45) is -0.583. The number of carbonyl (C=O) groups is 3. The predicted octanol–water partition coefficient (Wildman–Crippen LogP) is 1.68. The van der Waals surface area contributed by atoms with Gasteiger partial charge in [0.25, 0.3) is 5.91 Å². The van der Waals surface area contributed by atoms with Gasteiger partial charge in [-0.15, -0.1) is 0 Å². The standard InChI is InChI=1S/C12H12N4O5/c13-16-15-8-3-1-7(2-4-8)11(19)14-9(12(20)21)5-6-10(17)18/h1-4,9H,5-6H2,(H,14,19)(H,17,18)(H,20,21). The maximum atomic E-state index is 11.8. The number of amides is 1. The number of azide groups is 1. The normalized spacial score (nSPS) is 11.0. The van der Waals surface area contributed by atoms with Crippen molar-refractivity contribution in [2.24, 2.45) is 5.11 Å². The molecule has 0 bridgehead atoms. The van der Waals surface area contributed by atoms with E-state index >= 15 is 0 Å². The van der Waals surface area contributed by atoms with Gasteiger partial charge in [-0.05, 0) is 24.1 Å². The van der Waals surface area contributed by atoms with Crippen LogP contribution in [-0.2, 0) is 9.59 Å².